The molecule has 1 unspecified atom stereocenters. The van der Waals surface area contributed by atoms with Gasteiger partial charge in [0.15, 0.2) is 0 Å². The lowest BCUT2D eigenvalue weighted by Gasteiger charge is -2.29. The van der Waals surface area contributed by atoms with Gasteiger partial charge >= 0.3 is 0 Å². The first-order chi connectivity index (χ1) is 12.3. The molecule has 1 heterocycles. The van der Waals surface area contributed by atoms with Crippen LogP contribution in [0.5, 0.6) is 0 Å². The maximum Gasteiger partial charge on any atom is 0.226 e. The molecule has 1 amide bonds. The summed E-state index contributed by atoms with van der Waals surface area (Å²) in [6.07, 6.45) is 2.87. The van der Waals surface area contributed by atoms with Gasteiger partial charge in [0.25, 0.3) is 0 Å². The first-order valence-electron chi connectivity index (χ1n) is 8.29. The molecule has 0 spiro atoms. The van der Waals surface area contributed by atoms with Crippen molar-refractivity contribution < 1.29 is 17.8 Å². The van der Waals surface area contributed by atoms with Gasteiger partial charge in [0, 0.05) is 24.7 Å². The van der Waals surface area contributed by atoms with Crippen LogP contribution in [-0.4, -0.2) is 16.7 Å². The molecule has 0 aliphatic carbocycles. The summed E-state index contributed by atoms with van der Waals surface area (Å²) in [5.41, 5.74) is 3.53. The van der Waals surface area contributed by atoms with E-state index in [-0.39, 0.29) is 10.8 Å². The van der Waals surface area contributed by atoms with Crippen molar-refractivity contribution >= 4 is 22.6 Å². The van der Waals surface area contributed by atoms with E-state index in [2.05, 4.69) is 26.0 Å². The summed E-state index contributed by atoms with van der Waals surface area (Å²) >= 11 is 0. The smallest absolute Gasteiger partial charge is 0.226 e. The van der Waals surface area contributed by atoms with Gasteiger partial charge in [0.2, 0.25) is 5.91 Å². The highest BCUT2D eigenvalue weighted by atomic mass is 32.2. The van der Waals surface area contributed by atoms with Crippen molar-refractivity contribution in [3.63, 3.8) is 0 Å². The molecule has 1 atom stereocenters. The van der Waals surface area contributed by atoms with Gasteiger partial charge in [-0.1, -0.05) is 18.2 Å². The van der Waals surface area contributed by atoms with E-state index in [1.165, 1.54) is 11.1 Å². The zero-order valence-electron chi connectivity index (χ0n) is 14.8. The number of amides is 1. The van der Waals surface area contributed by atoms with Crippen LogP contribution in [0, 0.1) is 25.5 Å². The number of nitrogens with zero attached hydrogens (tertiary/aromatic N) is 1. The topological polar surface area (TPSA) is 63.4 Å². The predicted molar refractivity (Wildman–Crippen MR) is 99.1 cm³/mol. The third kappa shape index (κ3) is 4.95. The normalized spacial score (nSPS) is 15.3. The summed E-state index contributed by atoms with van der Waals surface area (Å²) in [6, 6.07) is 8.89. The van der Waals surface area contributed by atoms with Gasteiger partial charge in [-0.15, -0.1) is 0 Å². The number of para-hydroxylation sites is 1. The molecule has 0 saturated carbocycles. The number of halogens is 2. The van der Waals surface area contributed by atoms with E-state index in [9.17, 15) is 17.8 Å². The summed E-state index contributed by atoms with van der Waals surface area (Å²) < 4.78 is 35.3. The summed E-state index contributed by atoms with van der Waals surface area (Å²) in [5, 5.41) is 4.87. The van der Waals surface area contributed by atoms with Gasteiger partial charge in [-0.3, -0.25) is 4.79 Å². The second-order valence-electron chi connectivity index (χ2n) is 6.12. The fourth-order valence-electron chi connectivity index (χ4n) is 2.91. The molecular formula is C19H22F2N2O2S. The number of hydrogen-bond acceptors (Lipinski definition) is 2. The van der Waals surface area contributed by atoms with Crippen LogP contribution in [0.2, 0.25) is 0 Å². The molecule has 4 nitrogen and oxygen atoms in total. The maximum atomic E-state index is 12.6. The molecule has 7 heteroatoms. The van der Waals surface area contributed by atoms with Crippen LogP contribution in [0.25, 0.3) is 0 Å². The number of rotatable bonds is 2. The molecule has 0 bridgehead atoms. The Labute approximate surface area is 154 Å². The summed E-state index contributed by atoms with van der Waals surface area (Å²) in [4.78, 5) is 13.6. The lowest BCUT2D eigenvalue weighted by Crippen LogP contribution is -2.36. The molecule has 3 rings (SSSR count). The third-order valence-electron chi connectivity index (χ3n) is 4.14. The van der Waals surface area contributed by atoms with Gasteiger partial charge in [-0.2, -0.15) is 0 Å². The minimum Gasteiger partial charge on any atom is -0.312 e. The second-order valence-corrected chi connectivity index (χ2v) is 7.15. The van der Waals surface area contributed by atoms with Crippen LogP contribution >= 0.6 is 0 Å². The van der Waals surface area contributed by atoms with Gasteiger partial charge < -0.3 is 4.90 Å². The maximum absolute atomic E-state index is 12.6. The van der Waals surface area contributed by atoms with Gasteiger partial charge in [-0.25, -0.2) is 18.1 Å². The molecule has 140 valence electrons. The average molecular weight is 380 g/mol. The van der Waals surface area contributed by atoms with Crippen LogP contribution in [0.4, 0.5) is 14.5 Å². The Balaban J connectivity index is 0.000000197. The minimum absolute atomic E-state index is 0.189. The molecule has 2 aromatic rings. The standard InChI is InChI=1S/C13H17NO.C6H5F2NOS/c1-10-6-5-7-11(2)13(10)14-9-4-3-8-12(14)15;7-4-1-2-6(11(9)10)5(8)3-4/h5-7H,3-4,8-9H2,1-2H3;1-3H,9H2. The van der Waals surface area contributed by atoms with Crippen molar-refractivity contribution in [3.05, 3.63) is 59.2 Å². The van der Waals surface area contributed by atoms with E-state index < -0.39 is 22.6 Å². The fraction of sp³-hybridized carbons (Fsp3) is 0.316. The Morgan fingerprint density at radius 3 is 2.27 bits per heavy atom. The molecule has 0 radical (unpaired) electrons. The first-order valence-corrected chi connectivity index (χ1v) is 9.50. The summed E-state index contributed by atoms with van der Waals surface area (Å²) in [6.45, 7) is 5.03. The summed E-state index contributed by atoms with van der Waals surface area (Å²) in [7, 11) is -1.89. The molecule has 2 N–H and O–H groups in total. The zero-order chi connectivity index (χ0) is 19.3. The largest absolute Gasteiger partial charge is 0.312 e. The Kier molecular flexibility index (Phi) is 6.99. The Morgan fingerprint density at radius 1 is 1.08 bits per heavy atom. The van der Waals surface area contributed by atoms with Crippen LogP contribution in [-0.2, 0) is 15.8 Å². The van der Waals surface area contributed by atoms with Gasteiger partial charge in [-0.05, 0) is 49.9 Å². The van der Waals surface area contributed by atoms with E-state index in [4.69, 9.17) is 5.14 Å². The highest BCUT2D eigenvalue weighted by molar-refractivity contribution is 7.82. The van der Waals surface area contributed by atoms with Gasteiger partial charge in [0.05, 0.1) is 4.90 Å². The lowest BCUT2D eigenvalue weighted by molar-refractivity contribution is -0.119. The average Bonchev–Trinajstić information content (AvgIpc) is 2.56. The Bertz CT molecular complexity index is 807. The zero-order valence-corrected chi connectivity index (χ0v) is 15.6. The van der Waals surface area contributed by atoms with Crippen LogP contribution in [0.3, 0.4) is 0 Å². The number of carbonyl (C=O) groups is 1. The van der Waals surface area contributed by atoms with E-state index in [1.54, 1.807) is 0 Å². The van der Waals surface area contributed by atoms with Gasteiger partial charge in [0.1, 0.15) is 22.6 Å². The fourth-order valence-corrected chi connectivity index (χ4v) is 3.37. The van der Waals surface area contributed by atoms with E-state index in [0.717, 1.165) is 37.2 Å². The highest BCUT2D eigenvalue weighted by Gasteiger charge is 2.21. The van der Waals surface area contributed by atoms with Crippen LogP contribution in [0.1, 0.15) is 30.4 Å². The van der Waals surface area contributed by atoms with Crippen LogP contribution in [0.15, 0.2) is 41.3 Å². The minimum atomic E-state index is -1.89. The molecule has 1 fully saturated rings. The van der Waals surface area contributed by atoms with Crippen molar-refractivity contribution in [3.8, 4) is 0 Å². The highest BCUT2D eigenvalue weighted by Crippen LogP contribution is 2.27. The quantitative estimate of drug-likeness (QED) is 0.862. The lowest BCUT2D eigenvalue weighted by atomic mass is 10.0. The van der Waals surface area contributed by atoms with Crippen molar-refractivity contribution in [2.75, 3.05) is 11.4 Å². The number of carbonyl (C=O) groups excluding carboxylic acids is 1. The molecule has 1 aliphatic heterocycles. The van der Waals surface area contributed by atoms with Crippen molar-refractivity contribution in [2.45, 2.75) is 38.0 Å². The number of nitrogens with two attached hydrogens (primary N) is 1. The third-order valence-corrected chi connectivity index (χ3v) is 4.91. The number of piperidine rings is 1. The molecule has 0 aromatic heterocycles. The van der Waals surface area contributed by atoms with E-state index >= 15 is 0 Å². The second kappa shape index (κ2) is 9.00. The van der Waals surface area contributed by atoms with Crippen molar-refractivity contribution in [2.24, 2.45) is 5.14 Å². The Hall–Kier alpha value is -2.12. The molecular weight excluding hydrogens is 358 g/mol. The SMILES string of the molecule is Cc1cccc(C)c1N1CCCCC1=O.NS(=O)c1ccc(F)cc1F. The molecule has 1 saturated heterocycles. The van der Waals surface area contributed by atoms with Crippen molar-refractivity contribution in [1.29, 1.82) is 0 Å². The van der Waals surface area contributed by atoms with E-state index in [0.29, 0.717) is 12.5 Å². The number of anilines is 1. The molecule has 2 aromatic carbocycles. The Morgan fingerprint density at radius 2 is 1.73 bits per heavy atom. The van der Waals surface area contributed by atoms with Crippen LogP contribution < -0.4 is 10.0 Å². The number of hydrogen-bond donors (Lipinski definition) is 1. The van der Waals surface area contributed by atoms with E-state index in [1.807, 2.05) is 11.0 Å². The predicted octanol–water partition coefficient (Wildman–Crippen LogP) is 3.77. The number of aryl methyl sites for hydroxylation is 2. The molecule has 1 aliphatic rings. The molecule has 26 heavy (non-hydrogen) atoms. The van der Waals surface area contributed by atoms with Crippen molar-refractivity contribution in [1.82, 2.24) is 0 Å². The first kappa shape index (κ1) is 20.2. The monoisotopic (exact) mass is 380 g/mol. The summed E-state index contributed by atoms with van der Waals surface area (Å²) in [5.74, 6) is -1.32. The number of benzene rings is 2.